The summed E-state index contributed by atoms with van der Waals surface area (Å²) in [6, 6.07) is 7.81. The molecule has 6 heterocycles. The smallest absolute Gasteiger partial charge is 0.416 e. The second-order valence-electron chi connectivity index (χ2n) is 15.6. The standard InChI is InChI=1S/C42H34F6N8O3/c1-2-29-32(44)11-6-23-14-28(57)15-30(33(23)29)36-34(45)37-31(17-50-36)38(52-40(51-37)59-21-41-12-3-13-55(41)18-25(43)16-41)54-19-26-9-10-27(20-54)56(26)39(58)35(53-49)22-4-7-24(8-5-22)42(46,47)48/h1,4-8,11,14-15,17,25-27,57H,3,9-10,12-13,16,18-21H2. The van der Waals surface area contributed by atoms with E-state index in [0.29, 0.717) is 31.2 Å². The lowest BCUT2D eigenvalue weighted by molar-refractivity contribution is -0.137. The van der Waals surface area contributed by atoms with Crippen LogP contribution in [0.2, 0.25) is 0 Å². The molecule has 0 saturated carbocycles. The van der Waals surface area contributed by atoms with E-state index in [1.165, 1.54) is 24.4 Å². The Hall–Kier alpha value is -6.24. The molecule has 4 saturated heterocycles. The number of aromatic nitrogens is 3. The van der Waals surface area contributed by atoms with Gasteiger partial charge in [-0.2, -0.15) is 27.9 Å². The highest BCUT2D eigenvalue weighted by molar-refractivity contribution is 6.43. The van der Waals surface area contributed by atoms with Crippen LogP contribution in [0.5, 0.6) is 11.8 Å². The van der Waals surface area contributed by atoms with Crippen molar-refractivity contribution in [3.63, 3.8) is 0 Å². The number of amides is 1. The lowest BCUT2D eigenvalue weighted by Crippen LogP contribution is -2.57. The molecule has 17 heteroatoms. The average Bonchev–Trinajstić information content (AvgIpc) is 3.83. The maximum atomic E-state index is 17.1. The summed E-state index contributed by atoms with van der Waals surface area (Å²) in [4.78, 5) is 36.3. The number of fused-ring (bicyclic) bond motifs is 5. The molecular weight excluding hydrogens is 779 g/mol. The molecule has 4 aliphatic rings. The minimum Gasteiger partial charge on any atom is -0.508 e. The highest BCUT2D eigenvalue weighted by Gasteiger charge is 2.50. The molecule has 59 heavy (non-hydrogen) atoms. The number of carbonyl (C=O) groups is 1. The first-order chi connectivity index (χ1) is 28.3. The Balaban J connectivity index is 1.10. The summed E-state index contributed by atoms with van der Waals surface area (Å²) in [5.74, 6) is -0.00819. The molecule has 302 valence electrons. The third-order valence-electron chi connectivity index (χ3n) is 12.1. The molecule has 0 radical (unpaired) electrons. The quantitative estimate of drug-likeness (QED) is 0.0634. The summed E-state index contributed by atoms with van der Waals surface area (Å²) >= 11 is 0. The Bertz CT molecular complexity index is 2630. The number of terminal acetylenes is 1. The molecule has 2 bridgehead atoms. The third-order valence-corrected chi connectivity index (χ3v) is 12.1. The van der Waals surface area contributed by atoms with E-state index < -0.39 is 58.8 Å². The number of piperazine rings is 1. The second kappa shape index (κ2) is 14.2. The fourth-order valence-corrected chi connectivity index (χ4v) is 9.49. The first kappa shape index (κ1) is 38.3. The van der Waals surface area contributed by atoms with Crippen LogP contribution in [0.15, 0.2) is 54.7 Å². The largest absolute Gasteiger partial charge is 0.508 e. The van der Waals surface area contributed by atoms with Gasteiger partial charge in [-0.05, 0) is 80.1 Å². The molecule has 1 amide bonds. The molecule has 0 spiro atoms. The molecular formula is C42H34F6N8O3. The summed E-state index contributed by atoms with van der Waals surface area (Å²) in [5.41, 5.74) is 7.38. The van der Waals surface area contributed by atoms with Gasteiger partial charge in [-0.25, -0.2) is 13.2 Å². The lowest BCUT2D eigenvalue weighted by Gasteiger charge is -2.41. The van der Waals surface area contributed by atoms with E-state index >= 15 is 4.39 Å². The number of alkyl halides is 4. The summed E-state index contributed by atoms with van der Waals surface area (Å²) < 4.78 is 92.7. The SMILES string of the molecule is C#Cc1c(F)ccc2cc(O)cc(-c3ncc4c(N5CC6CCC(C5)N6C(=O)C(=[N+]=[N-])c5ccc(C(F)(F)F)cc5)nc(OCC56CCCN5CC(F)C6)nc4c3F)c12. The molecule has 2 aromatic heterocycles. The van der Waals surface area contributed by atoms with E-state index in [1.807, 2.05) is 4.90 Å². The van der Waals surface area contributed by atoms with E-state index in [1.54, 1.807) is 4.90 Å². The fraction of sp³-hybridized carbons (Fsp3) is 0.357. The zero-order valence-corrected chi connectivity index (χ0v) is 31.2. The van der Waals surface area contributed by atoms with Gasteiger partial charge >= 0.3 is 23.8 Å². The van der Waals surface area contributed by atoms with Gasteiger partial charge in [0.05, 0.1) is 39.7 Å². The predicted molar refractivity (Wildman–Crippen MR) is 203 cm³/mol. The van der Waals surface area contributed by atoms with Crippen molar-refractivity contribution in [3.05, 3.63) is 88.6 Å². The molecule has 4 aliphatic heterocycles. The number of hydrogen-bond donors (Lipinski definition) is 1. The molecule has 4 unspecified atom stereocenters. The number of phenols is 1. The van der Waals surface area contributed by atoms with Crippen LogP contribution in [-0.2, 0) is 11.0 Å². The highest BCUT2D eigenvalue weighted by atomic mass is 19.4. The van der Waals surface area contributed by atoms with Crippen LogP contribution >= 0.6 is 0 Å². The lowest BCUT2D eigenvalue weighted by atomic mass is 9.95. The zero-order chi connectivity index (χ0) is 41.4. The van der Waals surface area contributed by atoms with Gasteiger partial charge in [0.2, 0.25) is 0 Å². The van der Waals surface area contributed by atoms with Crippen molar-refractivity contribution in [2.24, 2.45) is 0 Å². The Morgan fingerprint density at radius 2 is 1.81 bits per heavy atom. The Labute approximate surface area is 332 Å². The maximum Gasteiger partial charge on any atom is 0.416 e. The number of ether oxygens (including phenoxy) is 1. The zero-order valence-electron chi connectivity index (χ0n) is 31.2. The van der Waals surface area contributed by atoms with E-state index in [4.69, 9.17) is 16.1 Å². The molecule has 4 fully saturated rings. The first-order valence-corrected chi connectivity index (χ1v) is 19.1. The number of anilines is 1. The van der Waals surface area contributed by atoms with Crippen LogP contribution in [0.25, 0.3) is 38.5 Å². The number of nitrogens with zero attached hydrogens (tertiary/aromatic N) is 8. The summed E-state index contributed by atoms with van der Waals surface area (Å²) in [6.45, 7) is 1.38. The van der Waals surface area contributed by atoms with Crippen molar-refractivity contribution < 1.29 is 45.8 Å². The van der Waals surface area contributed by atoms with Gasteiger partial charge in [-0.1, -0.05) is 12.0 Å². The Morgan fingerprint density at radius 3 is 2.51 bits per heavy atom. The summed E-state index contributed by atoms with van der Waals surface area (Å²) in [5, 5.41) is 11.3. The van der Waals surface area contributed by atoms with Crippen LogP contribution < -0.4 is 9.64 Å². The van der Waals surface area contributed by atoms with Gasteiger partial charge in [-0.3, -0.25) is 14.7 Å². The van der Waals surface area contributed by atoms with Crippen LogP contribution in [0.4, 0.5) is 32.2 Å². The summed E-state index contributed by atoms with van der Waals surface area (Å²) in [6.07, 6.45) is 4.30. The van der Waals surface area contributed by atoms with Crippen LogP contribution in [0.1, 0.15) is 48.8 Å². The number of benzene rings is 3. The summed E-state index contributed by atoms with van der Waals surface area (Å²) in [7, 11) is 0. The molecule has 5 aromatic rings. The van der Waals surface area contributed by atoms with E-state index in [-0.39, 0.29) is 88.9 Å². The van der Waals surface area contributed by atoms with E-state index in [2.05, 4.69) is 25.6 Å². The number of pyridine rings is 1. The van der Waals surface area contributed by atoms with Crippen LogP contribution in [0, 0.1) is 24.0 Å². The Kier molecular flexibility index (Phi) is 9.24. The second-order valence-corrected chi connectivity index (χ2v) is 15.6. The number of phenolic OH excluding ortho intramolecular Hbond substituents is 1. The molecule has 1 N–H and O–H groups in total. The highest BCUT2D eigenvalue weighted by Crippen LogP contribution is 2.43. The fourth-order valence-electron chi connectivity index (χ4n) is 9.49. The number of rotatable bonds is 7. The van der Waals surface area contributed by atoms with Crippen molar-refractivity contribution in [1.29, 1.82) is 0 Å². The Morgan fingerprint density at radius 1 is 1.07 bits per heavy atom. The molecule has 0 aliphatic carbocycles. The van der Waals surface area contributed by atoms with Crippen LogP contribution in [0.3, 0.4) is 0 Å². The maximum absolute atomic E-state index is 17.1. The van der Waals surface area contributed by atoms with Crippen molar-refractivity contribution in [1.82, 2.24) is 24.8 Å². The average molecular weight is 813 g/mol. The number of aromatic hydroxyl groups is 1. The van der Waals surface area contributed by atoms with Gasteiger partial charge in [0.25, 0.3) is 0 Å². The first-order valence-electron chi connectivity index (χ1n) is 19.1. The van der Waals surface area contributed by atoms with Crippen molar-refractivity contribution in [3.8, 4) is 35.4 Å². The number of hydrogen-bond acceptors (Lipinski definition) is 8. The van der Waals surface area contributed by atoms with Gasteiger partial charge in [0, 0.05) is 43.2 Å². The van der Waals surface area contributed by atoms with Gasteiger partial charge < -0.3 is 25.2 Å². The molecule has 11 nitrogen and oxygen atoms in total. The topological polar surface area (TPSA) is 131 Å². The molecule has 9 rings (SSSR count). The van der Waals surface area contributed by atoms with E-state index in [0.717, 1.165) is 36.8 Å². The minimum atomic E-state index is -4.60. The van der Waals surface area contributed by atoms with Crippen LogP contribution in [-0.4, -0.2) is 103 Å². The minimum absolute atomic E-state index is 0.00604. The van der Waals surface area contributed by atoms with Crippen molar-refractivity contribution in [2.45, 2.75) is 62.1 Å². The molecule has 4 atom stereocenters. The monoisotopic (exact) mass is 812 g/mol. The third kappa shape index (κ3) is 6.47. The van der Waals surface area contributed by atoms with Gasteiger partial charge in [0.1, 0.15) is 41.4 Å². The van der Waals surface area contributed by atoms with Gasteiger partial charge in [0.15, 0.2) is 5.82 Å². The van der Waals surface area contributed by atoms with Gasteiger partial charge in [-0.15, -0.1) is 6.42 Å². The van der Waals surface area contributed by atoms with Crippen molar-refractivity contribution in [2.75, 3.05) is 37.7 Å². The molecule has 3 aromatic carbocycles. The normalized spacial score (nSPS) is 22.8. The predicted octanol–water partition coefficient (Wildman–Crippen LogP) is 6.68. The number of carbonyl (C=O) groups excluding carboxylic acids is 1. The van der Waals surface area contributed by atoms with E-state index in [9.17, 15) is 37.4 Å². The number of halogens is 6. The van der Waals surface area contributed by atoms with Crippen molar-refractivity contribution >= 4 is 39.1 Å².